The zero-order valence-electron chi connectivity index (χ0n) is 18.0. The minimum Gasteiger partial charge on any atom is -0.415 e. The number of esters is 3. The Labute approximate surface area is 206 Å². The van der Waals surface area contributed by atoms with E-state index >= 15 is 0 Å². The molecule has 0 radical (unpaired) electrons. The molecule has 6 nitrogen and oxygen atoms in total. The molecule has 0 aliphatic carbocycles. The van der Waals surface area contributed by atoms with Crippen molar-refractivity contribution in [2.24, 2.45) is 5.92 Å². The number of alkyl halides is 18. The van der Waals surface area contributed by atoms with Crippen molar-refractivity contribution in [2.45, 2.75) is 61.8 Å². The maximum absolute atomic E-state index is 13.7. The summed E-state index contributed by atoms with van der Waals surface area (Å²) in [7, 11) is 0. The van der Waals surface area contributed by atoms with Crippen LogP contribution in [0.5, 0.6) is 0 Å². The maximum atomic E-state index is 13.7. The van der Waals surface area contributed by atoms with E-state index in [1.165, 1.54) is 0 Å². The highest BCUT2D eigenvalue weighted by Gasteiger charge is 2.69. The first kappa shape index (κ1) is 36.9. The molecule has 0 heterocycles. The summed E-state index contributed by atoms with van der Waals surface area (Å²) in [6.07, 6.45) is -39.6. The van der Waals surface area contributed by atoms with E-state index in [0.717, 1.165) is 0 Å². The fraction of sp³-hybridized carbons (Fsp3) is 0.688. The van der Waals surface area contributed by atoms with Crippen LogP contribution in [-0.2, 0) is 28.6 Å². The molecule has 0 bridgehead atoms. The molecule has 24 heteroatoms. The molecule has 0 spiro atoms. The van der Waals surface area contributed by atoms with Gasteiger partial charge in [0.15, 0.2) is 0 Å². The number of hydrogen-bond donors (Lipinski definition) is 0. The number of rotatable bonds is 11. The lowest BCUT2D eigenvalue weighted by molar-refractivity contribution is -0.358. The Hall–Kier alpha value is -3.11. The van der Waals surface area contributed by atoms with Crippen molar-refractivity contribution in [1.29, 1.82) is 0 Å². The molecule has 0 aliphatic heterocycles. The number of hydrogen-bond acceptors (Lipinski definition) is 6. The largest absolute Gasteiger partial charge is 0.466 e. The molecular formula is C16H8F18O6. The van der Waals surface area contributed by atoms with Crippen LogP contribution in [0.25, 0.3) is 0 Å². The zero-order chi connectivity index (χ0) is 32.4. The molecular weight excluding hydrogens is 630 g/mol. The van der Waals surface area contributed by atoms with Crippen LogP contribution >= 0.6 is 0 Å². The summed E-state index contributed by atoms with van der Waals surface area (Å²) in [6, 6.07) is 0. The molecule has 0 aromatic rings. The smallest absolute Gasteiger partial charge is 0.415 e. The van der Waals surface area contributed by atoms with Gasteiger partial charge in [0.1, 0.15) is 0 Å². The van der Waals surface area contributed by atoms with Crippen molar-refractivity contribution in [3.05, 3.63) is 12.2 Å². The number of halogens is 18. The van der Waals surface area contributed by atoms with Crippen LogP contribution in [0.2, 0.25) is 0 Å². The average Bonchev–Trinajstić information content (AvgIpc) is 2.73. The highest BCUT2D eigenvalue weighted by molar-refractivity contribution is 5.97. The number of carbonyl (C=O) groups is 3. The number of carbonyl (C=O) groups excluding carboxylic acids is 3. The second-order valence-electron chi connectivity index (χ2n) is 6.90. The molecule has 40 heavy (non-hydrogen) atoms. The molecule has 0 aromatic carbocycles. The summed E-state index contributed by atoms with van der Waals surface area (Å²) in [5.74, 6) is -33.0. The summed E-state index contributed by atoms with van der Waals surface area (Å²) in [5.41, 5.74) is -2.55. The second-order valence-corrected chi connectivity index (χ2v) is 6.90. The van der Waals surface area contributed by atoms with E-state index in [9.17, 15) is 93.4 Å². The molecule has 0 N–H and O–H groups in total. The SMILES string of the molecule is C=C(C(=O)OC(F)(C(F)F)C(F)(F)F)C(CC(=O)OC(F)(C(F)F)C(F)(F)F)C(=O)OC(F)(C(F)F)C(F)(F)F. The summed E-state index contributed by atoms with van der Waals surface area (Å²) in [5, 5.41) is 0. The van der Waals surface area contributed by atoms with Crippen LogP contribution in [0, 0.1) is 5.92 Å². The Bertz CT molecular complexity index is 957. The predicted octanol–water partition coefficient (Wildman–Crippen LogP) is 5.66. The van der Waals surface area contributed by atoms with E-state index in [0.29, 0.717) is 0 Å². The van der Waals surface area contributed by atoms with Crippen LogP contribution in [0.3, 0.4) is 0 Å². The van der Waals surface area contributed by atoms with Gasteiger partial charge >= 0.3 is 73.3 Å². The maximum Gasteiger partial charge on any atom is 0.466 e. The summed E-state index contributed by atoms with van der Waals surface area (Å²) >= 11 is 0. The summed E-state index contributed by atoms with van der Waals surface area (Å²) < 4.78 is 237. The molecule has 0 aromatic heterocycles. The van der Waals surface area contributed by atoms with E-state index in [2.05, 4.69) is 20.8 Å². The van der Waals surface area contributed by atoms with Gasteiger partial charge in [-0.25, -0.2) is 31.1 Å². The molecule has 0 rings (SSSR count). The zero-order valence-corrected chi connectivity index (χ0v) is 18.0. The summed E-state index contributed by atoms with van der Waals surface area (Å²) in [6.45, 7) is 2.15. The van der Waals surface area contributed by atoms with Crippen LogP contribution in [0.1, 0.15) is 6.42 Å². The van der Waals surface area contributed by atoms with Crippen molar-refractivity contribution < 1.29 is 108 Å². The van der Waals surface area contributed by atoms with Gasteiger partial charge < -0.3 is 14.2 Å². The van der Waals surface area contributed by atoms with Crippen molar-refractivity contribution in [3.63, 3.8) is 0 Å². The monoisotopic (exact) mass is 638 g/mol. The topological polar surface area (TPSA) is 78.9 Å². The summed E-state index contributed by atoms with van der Waals surface area (Å²) in [4.78, 5) is 35.1. The average molecular weight is 638 g/mol. The van der Waals surface area contributed by atoms with Gasteiger partial charge in [0, 0.05) is 5.57 Å². The van der Waals surface area contributed by atoms with Gasteiger partial charge in [-0.05, 0) is 0 Å². The Balaban J connectivity index is 6.62. The van der Waals surface area contributed by atoms with Crippen LogP contribution in [-0.4, -0.2) is 73.3 Å². The quantitative estimate of drug-likeness (QED) is 0.126. The first-order valence-electron chi connectivity index (χ1n) is 8.97. The lowest BCUT2D eigenvalue weighted by atomic mass is 9.96. The van der Waals surface area contributed by atoms with Gasteiger partial charge in [0.2, 0.25) is 0 Å². The van der Waals surface area contributed by atoms with Gasteiger partial charge in [-0.15, -0.1) is 0 Å². The third-order valence-corrected chi connectivity index (χ3v) is 4.09. The Morgan fingerprint density at radius 2 is 0.850 bits per heavy atom. The molecule has 0 amide bonds. The highest BCUT2D eigenvalue weighted by atomic mass is 19.4. The fourth-order valence-corrected chi connectivity index (χ4v) is 1.96. The third kappa shape index (κ3) is 7.54. The molecule has 0 aliphatic rings. The van der Waals surface area contributed by atoms with Gasteiger partial charge in [-0.1, -0.05) is 6.58 Å². The standard InChI is InChI=1S/C16H8F18O6/c1-3(6(36)39-12(24,9(19)20)15(29,30)31)4(7(37)40-13(25,10(21)22)16(32,33)34)2-5(35)38-11(23,8(17)18)14(26,27)28/h4,8-10H,1-2H2. The van der Waals surface area contributed by atoms with Crippen molar-refractivity contribution in [2.75, 3.05) is 0 Å². The lowest BCUT2D eigenvalue weighted by Crippen LogP contribution is -2.53. The molecule has 4 atom stereocenters. The predicted molar refractivity (Wildman–Crippen MR) is 83.2 cm³/mol. The normalized spacial score (nSPS) is 18.4. The van der Waals surface area contributed by atoms with E-state index in [1.54, 1.807) is 0 Å². The lowest BCUT2D eigenvalue weighted by Gasteiger charge is -2.30. The molecule has 234 valence electrons. The van der Waals surface area contributed by atoms with Crippen LogP contribution < -0.4 is 0 Å². The number of ether oxygens (including phenoxy) is 3. The molecule has 0 saturated heterocycles. The minimum absolute atomic E-state index is 2.15. The van der Waals surface area contributed by atoms with Crippen LogP contribution in [0.15, 0.2) is 12.2 Å². The Kier molecular flexibility index (Phi) is 10.9. The van der Waals surface area contributed by atoms with Gasteiger partial charge in [0.05, 0.1) is 12.3 Å². The van der Waals surface area contributed by atoms with Gasteiger partial charge in [-0.2, -0.15) is 52.7 Å². The second kappa shape index (κ2) is 11.8. The van der Waals surface area contributed by atoms with Crippen LogP contribution in [0.4, 0.5) is 79.0 Å². The van der Waals surface area contributed by atoms with Crippen molar-refractivity contribution >= 4 is 17.9 Å². The Morgan fingerprint density at radius 1 is 0.550 bits per heavy atom. The van der Waals surface area contributed by atoms with E-state index in [4.69, 9.17) is 0 Å². The van der Waals surface area contributed by atoms with Crippen molar-refractivity contribution in [1.82, 2.24) is 0 Å². The molecule has 4 unspecified atom stereocenters. The fourth-order valence-electron chi connectivity index (χ4n) is 1.96. The first-order valence-corrected chi connectivity index (χ1v) is 8.97. The highest BCUT2D eigenvalue weighted by Crippen LogP contribution is 2.44. The Morgan fingerprint density at radius 3 is 1.15 bits per heavy atom. The van der Waals surface area contributed by atoms with Gasteiger partial charge in [0.25, 0.3) is 0 Å². The van der Waals surface area contributed by atoms with E-state index < -0.39 is 91.2 Å². The van der Waals surface area contributed by atoms with Crippen molar-refractivity contribution in [3.8, 4) is 0 Å². The first-order chi connectivity index (χ1) is 17.5. The van der Waals surface area contributed by atoms with E-state index in [1.807, 2.05) is 0 Å². The minimum atomic E-state index is -6.94. The third-order valence-electron chi connectivity index (χ3n) is 4.09. The van der Waals surface area contributed by atoms with E-state index in [-0.39, 0.29) is 0 Å². The molecule has 0 fully saturated rings. The van der Waals surface area contributed by atoms with Gasteiger partial charge in [-0.3, -0.25) is 9.59 Å². The molecule has 0 saturated carbocycles.